The molecule has 0 heterocycles. The summed E-state index contributed by atoms with van der Waals surface area (Å²) in [4.78, 5) is 29.0. The van der Waals surface area contributed by atoms with E-state index in [0.29, 0.717) is 10.7 Å². The number of nitrogens with zero attached hydrogens (tertiary/aromatic N) is 2. The summed E-state index contributed by atoms with van der Waals surface area (Å²) in [5.74, 6) is -0.886. The maximum Gasteiger partial charge on any atom is 0.264 e. The zero-order valence-corrected chi connectivity index (χ0v) is 26.4. The van der Waals surface area contributed by atoms with Crippen LogP contribution in [0.15, 0.2) is 112 Å². The van der Waals surface area contributed by atoms with E-state index in [9.17, 15) is 18.0 Å². The van der Waals surface area contributed by atoms with Crippen LogP contribution in [0.25, 0.3) is 0 Å². The molecule has 1 atom stereocenters. The number of amides is 2. The van der Waals surface area contributed by atoms with Gasteiger partial charge in [-0.1, -0.05) is 82.1 Å². The molecule has 0 fully saturated rings. The molecule has 0 spiro atoms. The number of benzene rings is 4. The van der Waals surface area contributed by atoms with Gasteiger partial charge in [0, 0.05) is 29.5 Å². The van der Waals surface area contributed by atoms with Crippen LogP contribution in [0.1, 0.15) is 16.7 Å². The van der Waals surface area contributed by atoms with Crippen LogP contribution >= 0.6 is 27.5 Å². The van der Waals surface area contributed by atoms with E-state index in [0.717, 1.165) is 25.5 Å². The van der Waals surface area contributed by atoms with E-state index in [1.54, 1.807) is 18.2 Å². The molecule has 0 aromatic heterocycles. The molecule has 0 aliphatic carbocycles. The molecule has 1 N–H and O–H groups in total. The number of aryl methyl sites for hydroxylation is 1. The molecule has 2 amide bonds. The third-order valence-electron chi connectivity index (χ3n) is 6.73. The lowest BCUT2D eigenvalue weighted by Gasteiger charge is -2.33. The maximum absolute atomic E-state index is 14.3. The summed E-state index contributed by atoms with van der Waals surface area (Å²) >= 11 is 9.50. The number of anilines is 1. The molecule has 0 aliphatic heterocycles. The zero-order valence-electron chi connectivity index (χ0n) is 23.2. The van der Waals surface area contributed by atoms with Crippen LogP contribution < -0.4 is 9.62 Å². The SMILES string of the molecule is CNC(=O)[C@@H](Cc1ccccc1)N(Cc1cccc(Br)c1)C(=O)CN(c1cccc(C)c1)S(=O)(=O)c1ccc(Cl)cc1. The normalized spacial score (nSPS) is 11.9. The number of hydrogen-bond acceptors (Lipinski definition) is 4. The maximum atomic E-state index is 14.3. The number of hydrogen-bond donors (Lipinski definition) is 1. The molecule has 42 heavy (non-hydrogen) atoms. The van der Waals surface area contributed by atoms with Gasteiger partial charge in [0.25, 0.3) is 10.0 Å². The van der Waals surface area contributed by atoms with Gasteiger partial charge in [0.2, 0.25) is 11.8 Å². The van der Waals surface area contributed by atoms with E-state index >= 15 is 0 Å². The molecule has 0 aliphatic rings. The molecule has 10 heteroatoms. The third kappa shape index (κ3) is 7.79. The molecule has 0 unspecified atom stereocenters. The Morgan fingerprint density at radius 1 is 0.881 bits per heavy atom. The van der Waals surface area contributed by atoms with Crippen molar-refractivity contribution >= 4 is 55.1 Å². The second-order valence-corrected chi connectivity index (χ2v) is 13.0. The van der Waals surface area contributed by atoms with E-state index in [1.807, 2.05) is 67.6 Å². The molecule has 7 nitrogen and oxygen atoms in total. The topological polar surface area (TPSA) is 86.8 Å². The highest BCUT2D eigenvalue weighted by molar-refractivity contribution is 9.10. The highest BCUT2D eigenvalue weighted by atomic mass is 79.9. The van der Waals surface area contributed by atoms with Crippen LogP contribution in [-0.2, 0) is 32.6 Å². The van der Waals surface area contributed by atoms with Crippen molar-refractivity contribution in [1.29, 1.82) is 0 Å². The van der Waals surface area contributed by atoms with Crippen molar-refractivity contribution in [2.75, 3.05) is 17.9 Å². The number of carbonyl (C=O) groups is 2. The molecule has 0 saturated heterocycles. The minimum absolute atomic E-state index is 0.00752. The Morgan fingerprint density at radius 2 is 1.55 bits per heavy atom. The van der Waals surface area contributed by atoms with Gasteiger partial charge in [0.1, 0.15) is 12.6 Å². The van der Waals surface area contributed by atoms with Crippen molar-refractivity contribution < 1.29 is 18.0 Å². The first-order valence-electron chi connectivity index (χ1n) is 13.2. The van der Waals surface area contributed by atoms with Crippen molar-refractivity contribution in [3.63, 3.8) is 0 Å². The number of carbonyl (C=O) groups excluding carboxylic acids is 2. The average Bonchev–Trinajstić information content (AvgIpc) is 2.98. The quantitative estimate of drug-likeness (QED) is 0.213. The summed E-state index contributed by atoms with van der Waals surface area (Å²) in [6.07, 6.45) is 0.245. The highest BCUT2D eigenvalue weighted by Crippen LogP contribution is 2.27. The summed E-state index contributed by atoms with van der Waals surface area (Å²) in [5, 5.41) is 3.08. The molecule has 0 radical (unpaired) electrons. The first kappa shape index (κ1) is 31.3. The Balaban J connectivity index is 1.79. The van der Waals surface area contributed by atoms with Gasteiger partial charge < -0.3 is 10.2 Å². The zero-order chi connectivity index (χ0) is 30.3. The summed E-state index contributed by atoms with van der Waals surface area (Å²) in [5.41, 5.74) is 2.81. The van der Waals surface area contributed by atoms with Gasteiger partial charge in [0.05, 0.1) is 10.6 Å². The fourth-order valence-electron chi connectivity index (χ4n) is 4.60. The molecule has 218 valence electrons. The summed E-state index contributed by atoms with van der Waals surface area (Å²) in [6.45, 7) is 1.41. The van der Waals surface area contributed by atoms with E-state index in [2.05, 4.69) is 21.2 Å². The minimum atomic E-state index is -4.19. The molecule has 4 aromatic carbocycles. The number of nitrogens with one attached hydrogen (secondary N) is 1. The van der Waals surface area contributed by atoms with Crippen LogP contribution in [0, 0.1) is 6.92 Å². The van der Waals surface area contributed by atoms with E-state index in [-0.39, 0.29) is 23.8 Å². The molecule has 4 aromatic rings. The highest BCUT2D eigenvalue weighted by Gasteiger charge is 2.34. The first-order chi connectivity index (χ1) is 20.1. The minimum Gasteiger partial charge on any atom is -0.357 e. The van der Waals surface area contributed by atoms with E-state index in [4.69, 9.17) is 11.6 Å². The fourth-order valence-corrected chi connectivity index (χ4v) is 6.58. The van der Waals surface area contributed by atoms with E-state index in [1.165, 1.54) is 36.2 Å². The van der Waals surface area contributed by atoms with Gasteiger partial charge in [-0.3, -0.25) is 13.9 Å². The molecular formula is C32H31BrClN3O4S. The van der Waals surface area contributed by atoms with Crippen LogP contribution in [0.3, 0.4) is 0 Å². The third-order valence-corrected chi connectivity index (χ3v) is 9.26. The van der Waals surface area contributed by atoms with Crippen molar-refractivity contribution in [3.05, 3.63) is 129 Å². The van der Waals surface area contributed by atoms with Crippen LogP contribution in [0.5, 0.6) is 0 Å². The molecule has 0 saturated carbocycles. The second kappa shape index (κ2) is 14.0. The lowest BCUT2D eigenvalue weighted by molar-refractivity contribution is -0.139. The Bertz CT molecular complexity index is 1650. The van der Waals surface area contributed by atoms with Gasteiger partial charge >= 0.3 is 0 Å². The van der Waals surface area contributed by atoms with Crippen molar-refractivity contribution in [2.24, 2.45) is 0 Å². The van der Waals surface area contributed by atoms with Crippen molar-refractivity contribution in [1.82, 2.24) is 10.2 Å². The number of halogens is 2. The van der Waals surface area contributed by atoms with Gasteiger partial charge in [-0.25, -0.2) is 8.42 Å². The van der Waals surface area contributed by atoms with Gasteiger partial charge in [-0.05, 0) is 72.1 Å². The largest absolute Gasteiger partial charge is 0.357 e. The lowest BCUT2D eigenvalue weighted by Crippen LogP contribution is -2.53. The Hall–Kier alpha value is -3.66. The number of rotatable bonds is 11. The van der Waals surface area contributed by atoms with Crippen molar-refractivity contribution in [2.45, 2.75) is 30.8 Å². The molecule has 4 rings (SSSR count). The smallest absolute Gasteiger partial charge is 0.264 e. The van der Waals surface area contributed by atoms with Crippen LogP contribution in [0.2, 0.25) is 5.02 Å². The summed E-state index contributed by atoms with van der Waals surface area (Å²) < 4.78 is 29.9. The first-order valence-corrected chi connectivity index (χ1v) is 15.8. The predicted octanol–water partition coefficient (Wildman–Crippen LogP) is 5.99. The van der Waals surface area contributed by atoms with Crippen LogP contribution in [0.4, 0.5) is 5.69 Å². The van der Waals surface area contributed by atoms with Gasteiger partial charge in [-0.15, -0.1) is 0 Å². The number of likely N-dealkylation sites (N-methyl/N-ethyl adjacent to an activating group) is 1. The van der Waals surface area contributed by atoms with Crippen LogP contribution in [-0.4, -0.2) is 44.8 Å². The Morgan fingerprint density at radius 3 is 2.19 bits per heavy atom. The van der Waals surface area contributed by atoms with Gasteiger partial charge in [-0.2, -0.15) is 0 Å². The Labute approximate surface area is 260 Å². The molecule has 0 bridgehead atoms. The predicted molar refractivity (Wildman–Crippen MR) is 170 cm³/mol. The second-order valence-electron chi connectivity index (χ2n) is 9.78. The van der Waals surface area contributed by atoms with Gasteiger partial charge in [0.15, 0.2) is 0 Å². The standard InChI is InChI=1S/C32H31BrClN3O4S/c1-23-8-6-13-28(18-23)37(42(40,41)29-16-14-27(34)15-17-29)22-31(38)36(21-25-11-7-12-26(33)19-25)30(32(39)35-2)20-24-9-4-3-5-10-24/h3-19,30H,20-22H2,1-2H3,(H,35,39)/t30-/m1/s1. The fraction of sp³-hybridized carbons (Fsp3) is 0.188. The summed E-state index contributed by atoms with van der Waals surface area (Å²) in [6, 6.07) is 28.7. The van der Waals surface area contributed by atoms with Crippen molar-refractivity contribution in [3.8, 4) is 0 Å². The molecular weight excluding hydrogens is 638 g/mol. The average molecular weight is 669 g/mol. The lowest BCUT2D eigenvalue weighted by atomic mass is 10.0. The number of sulfonamides is 1. The summed E-state index contributed by atoms with van der Waals surface area (Å²) in [7, 11) is -2.67. The Kier molecular flexibility index (Phi) is 10.4. The van der Waals surface area contributed by atoms with E-state index < -0.39 is 28.5 Å². The monoisotopic (exact) mass is 667 g/mol.